The number of hydrogen-bond donors (Lipinski definition) is 1. The lowest BCUT2D eigenvalue weighted by atomic mass is 10.2. The van der Waals surface area contributed by atoms with Gasteiger partial charge < -0.3 is 10.5 Å². The summed E-state index contributed by atoms with van der Waals surface area (Å²) < 4.78 is 5.80. The summed E-state index contributed by atoms with van der Waals surface area (Å²) in [6.45, 7) is 5.85. The quantitative estimate of drug-likeness (QED) is 0.877. The van der Waals surface area contributed by atoms with Crippen molar-refractivity contribution in [3.8, 4) is 0 Å². The first-order valence-corrected chi connectivity index (χ1v) is 7.11. The van der Waals surface area contributed by atoms with E-state index < -0.39 is 0 Å². The maximum absolute atomic E-state index is 5.80. The zero-order chi connectivity index (χ0) is 13.2. The molecule has 2 N–H and O–H groups in total. The zero-order valence-corrected chi connectivity index (χ0v) is 11.4. The highest BCUT2D eigenvalue weighted by Gasteiger charge is 2.30. The van der Waals surface area contributed by atoms with E-state index >= 15 is 0 Å². The highest BCUT2D eigenvalue weighted by atomic mass is 16.5. The van der Waals surface area contributed by atoms with Crippen molar-refractivity contribution in [1.29, 1.82) is 0 Å². The Kier molecular flexibility index (Phi) is 3.61. The summed E-state index contributed by atoms with van der Waals surface area (Å²) in [5.41, 5.74) is 5.79. The smallest absolute Gasteiger partial charge is 0.223 e. The second-order valence-corrected chi connectivity index (χ2v) is 5.34. The Labute approximate surface area is 113 Å². The Morgan fingerprint density at radius 3 is 2.79 bits per heavy atom. The van der Waals surface area contributed by atoms with Gasteiger partial charge in [0.2, 0.25) is 5.95 Å². The minimum absolute atomic E-state index is 0.0666. The molecule has 2 heterocycles. The molecule has 1 saturated heterocycles. The number of aromatic nitrogens is 3. The fourth-order valence-electron chi connectivity index (χ4n) is 2.47. The molecule has 104 valence electrons. The maximum Gasteiger partial charge on any atom is 0.223 e. The van der Waals surface area contributed by atoms with Crippen LogP contribution in [0, 0.1) is 0 Å². The SMILES string of the molecule is CCCN1CCOC(c2nc(N)nc(C3CC3)n2)C1. The van der Waals surface area contributed by atoms with Gasteiger partial charge in [0, 0.05) is 19.0 Å². The van der Waals surface area contributed by atoms with Crippen molar-refractivity contribution < 1.29 is 4.74 Å². The van der Waals surface area contributed by atoms with E-state index in [0.29, 0.717) is 17.7 Å². The third kappa shape index (κ3) is 3.01. The number of hydrogen-bond acceptors (Lipinski definition) is 6. The summed E-state index contributed by atoms with van der Waals surface area (Å²) in [5, 5.41) is 0. The van der Waals surface area contributed by atoms with Gasteiger partial charge in [0.15, 0.2) is 5.82 Å². The summed E-state index contributed by atoms with van der Waals surface area (Å²) in [7, 11) is 0. The maximum atomic E-state index is 5.80. The molecule has 1 aromatic rings. The van der Waals surface area contributed by atoms with Gasteiger partial charge in [-0.15, -0.1) is 0 Å². The van der Waals surface area contributed by atoms with Crippen molar-refractivity contribution in [3.05, 3.63) is 11.6 Å². The van der Waals surface area contributed by atoms with E-state index in [1.54, 1.807) is 0 Å². The molecule has 1 saturated carbocycles. The third-order valence-corrected chi connectivity index (χ3v) is 3.61. The minimum atomic E-state index is -0.0666. The molecular weight excluding hydrogens is 242 g/mol. The summed E-state index contributed by atoms with van der Waals surface area (Å²) in [5.74, 6) is 2.36. The van der Waals surface area contributed by atoms with E-state index in [9.17, 15) is 0 Å². The number of nitrogens with zero attached hydrogens (tertiary/aromatic N) is 4. The Morgan fingerprint density at radius 1 is 1.26 bits per heavy atom. The van der Waals surface area contributed by atoms with Crippen LogP contribution in [0.4, 0.5) is 5.95 Å². The molecule has 1 aliphatic heterocycles. The molecule has 1 atom stereocenters. The van der Waals surface area contributed by atoms with Crippen LogP contribution in [0.5, 0.6) is 0 Å². The summed E-state index contributed by atoms with van der Waals surface area (Å²) in [6, 6.07) is 0. The summed E-state index contributed by atoms with van der Waals surface area (Å²) in [6.07, 6.45) is 3.41. The van der Waals surface area contributed by atoms with E-state index in [1.807, 2.05) is 0 Å². The molecule has 6 heteroatoms. The van der Waals surface area contributed by atoms with Crippen LogP contribution in [0.3, 0.4) is 0 Å². The van der Waals surface area contributed by atoms with Gasteiger partial charge in [-0.3, -0.25) is 4.90 Å². The van der Waals surface area contributed by atoms with Crippen LogP contribution < -0.4 is 5.73 Å². The van der Waals surface area contributed by atoms with Crippen LogP contribution in [0.15, 0.2) is 0 Å². The topological polar surface area (TPSA) is 77.2 Å². The van der Waals surface area contributed by atoms with Crippen molar-refractivity contribution in [2.75, 3.05) is 32.0 Å². The van der Waals surface area contributed by atoms with Crippen LogP contribution in [0.25, 0.3) is 0 Å². The molecule has 1 aromatic heterocycles. The largest absolute Gasteiger partial charge is 0.368 e. The molecule has 2 fully saturated rings. The van der Waals surface area contributed by atoms with E-state index in [2.05, 4.69) is 26.8 Å². The van der Waals surface area contributed by atoms with Crippen molar-refractivity contribution in [2.45, 2.75) is 38.2 Å². The van der Waals surface area contributed by atoms with Gasteiger partial charge in [-0.05, 0) is 25.8 Å². The monoisotopic (exact) mass is 263 g/mol. The highest BCUT2D eigenvalue weighted by molar-refractivity contribution is 5.20. The Bertz CT molecular complexity index is 447. The molecule has 0 bridgehead atoms. The van der Waals surface area contributed by atoms with Gasteiger partial charge in [0.1, 0.15) is 11.9 Å². The number of nitrogens with two attached hydrogens (primary N) is 1. The van der Waals surface area contributed by atoms with E-state index in [4.69, 9.17) is 10.5 Å². The van der Waals surface area contributed by atoms with Crippen LogP contribution in [0.2, 0.25) is 0 Å². The minimum Gasteiger partial charge on any atom is -0.368 e. The van der Waals surface area contributed by atoms with Crippen molar-refractivity contribution >= 4 is 5.95 Å². The van der Waals surface area contributed by atoms with Crippen molar-refractivity contribution in [3.63, 3.8) is 0 Å². The van der Waals surface area contributed by atoms with Crippen molar-refractivity contribution in [1.82, 2.24) is 19.9 Å². The molecule has 0 aromatic carbocycles. The van der Waals surface area contributed by atoms with E-state index in [0.717, 1.165) is 51.3 Å². The highest BCUT2D eigenvalue weighted by Crippen LogP contribution is 2.38. The van der Waals surface area contributed by atoms with Crippen LogP contribution in [-0.2, 0) is 4.74 Å². The normalized spacial score (nSPS) is 24.6. The first-order valence-electron chi connectivity index (χ1n) is 7.11. The molecule has 1 aliphatic carbocycles. The Hall–Kier alpha value is -1.27. The molecular formula is C13H21N5O. The predicted molar refractivity (Wildman–Crippen MR) is 71.6 cm³/mol. The molecule has 1 unspecified atom stereocenters. The second-order valence-electron chi connectivity index (χ2n) is 5.34. The molecule has 19 heavy (non-hydrogen) atoms. The molecule has 6 nitrogen and oxygen atoms in total. The average Bonchev–Trinajstić information content (AvgIpc) is 3.23. The lowest BCUT2D eigenvalue weighted by Gasteiger charge is -2.31. The molecule has 0 spiro atoms. The van der Waals surface area contributed by atoms with Gasteiger partial charge in [-0.25, -0.2) is 4.98 Å². The van der Waals surface area contributed by atoms with Gasteiger partial charge in [-0.2, -0.15) is 9.97 Å². The fourth-order valence-corrected chi connectivity index (χ4v) is 2.47. The second kappa shape index (κ2) is 5.38. The number of rotatable bonds is 4. The number of anilines is 1. The van der Waals surface area contributed by atoms with Crippen LogP contribution >= 0.6 is 0 Å². The average molecular weight is 263 g/mol. The van der Waals surface area contributed by atoms with Gasteiger partial charge in [0.05, 0.1) is 6.61 Å². The Balaban J connectivity index is 1.76. The number of nitrogen functional groups attached to an aromatic ring is 1. The molecule has 0 radical (unpaired) electrons. The number of morpholine rings is 1. The van der Waals surface area contributed by atoms with Crippen LogP contribution in [-0.4, -0.2) is 46.1 Å². The first kappa shape index (κ1) is 12.7. The first-order chi connectivity index (χ1) is 9.26. The predicted octanol–water partition coefficient (Wildman–Crippen LogP) is 1.11. The number of ether oxygens (including phenoxy) is 1. The van der Waals surface area contributed by atoms with E-state index in [-0.39, 0.29) is 6.10 Å². The van der Waals surface area contributed by atoms with Gasteiger partial charge in [0.25, 0.3) is 0 Å². The van der Waals surface area contributed by atoms with Crippen molar-refractivity contribution in [2.24, 2.45) is 0 Å². The summed E-state index contributed by atoms with van der Waals surface area (Å²) in [4.78, 5) is 15.5. The van der Waals surface area contributed by atoms with E-state index in [1.165, 1.54) is 0 Å². The molecule has 0 amide bonds. The lowest BCUT2D eigenvalue weighted by Crippen LogP contribution is -2.39. The van der Waals surface area contributed by atoms with Gasteiger partial charge in [-0.1, -0.05) is 6.92 Å². The van der Waals surface area contributed by atoms with Gasteiger partial charge >= 0.3 is 0 Å². The summed E-state index contributed by atoms with van der Waals surface area (Å²) >= 11 is 0. The van der Waals surface area contributed by atoms with Crippen LogP contribution in [0.1, 0.15) is 49.9 Å². The Morgan fingerprint density at radius 2 is 2.05 bits per heavy atom. The standard InChI is InChI=1S/C13H21N5O/c1-2-5-18-6-7-19-10(8-18)12-15-11(9-3-4-9)16-13(14)17-12/h9-10H,2-8H2,1H3,(H2,14,15,16,17). The lowest BCUT2D eigenvalue weighted by molar-refractivity contribution is -0.0343. The molecule has 3 rings (SSSR count). The molecule has 2 aliphatic rings. The fraction of sp³-hybridized carbons (Fsp3) is 0.769. The zero-order valence-electron chi connectivity index (χ0n) is 11.4. The third-order valence-electron chi connectivity index (χ3n) is 3.61.